The molecule has 0 rings (SSSR count). The minimum atomic E-state index is 0.568. The first-order chi connectivity index (χ1) is 5.12. The van der Waals surface area contributed by atoms with Crippen LogP contribution in [0, 0.1) is 22.7 Å². The molecule has 0 saturated carbocycles. The molecule has 0 heterocycles. The molecule has 0 amide bonds. The highest BCUT2D eigenvalue weighted by molar-refractivity contribution is 4.70. The van der Waals surface area contributed by atoms with E-state index in [0.717, 1.165) is 17.6 Å². The van der Waals surface area contributed by atoms with E-state index in [2.05, 4.69) is 12.1 Å². The Morgan fingerprint density at radius 1 is 1.00 bits per heavy atom. The fraction of sp³-hybridized carbons (Fsp3) is 0.750. The van der Waals surface area contributed by atoms with E-state index in [4.69, 9.17) is 10.5 Å². The molecule has 0 bridgehead atoms. The molecule has 0 aliphatic heterocycles. The van der Waals surface area contributed by atoms with Gasteiger partial charge in [-0.05, 0) is 0 Å². The van der Waals surface area contributed by atoms with Crippen molar-refractivity contribution in [3.63, 3.8) is 0 Å². The predicted molar refractivity (Wildman–Crippen MR) is 42.3 cm³/mol. The highest BCUT2D eigenvalue weighted by Crippen LogP contribution is 1.99. The normalized spacial score (nSPS) is 10.2. The van der Waals surface area contributed by atoms with Crippen LogP contribution in [0.25, 0.3) is 0 Å². The van der Waals surface area contributed by atoms with Gasteiger partial charge in [-0.1, -0.05) is 0 Å². The van der Waals surface area contributed by atoms with Gasteiger partial charge in [0, 0.05) is 0 Å². The van der Waals surface area contributed by atoms with Crippen LogP contribution in [0.5, 0.6) is 0 Å². The molecule has 60 valence electrons. The van der Waals surface area contributed by atoms with Crippen molar-refractivity contribution in [1.82, 2.24) is 0 Å². The van der Waals surface area contributed by atoms with Gasteiger partial charge in [-0.3, -0.25) is 0 Å². The first kappa shape index (κ1) is 9.94. The van der Waals surface area contributed by atoms with Gasteiger partial charge in [0.2, 0.25) is 0 Å². The van der Waals surface area contributed by atoms with Crippen molar-refractivity contribution >= 4 is 0 Å². The van der Waals surface area contributed by atoms with Crippen molar-refractivity contribution in [2.45, 2.75) is 12.8 Å². The number of rotatable bonds is 4. The number of hydrogen-bond donors (Lipinski definition) is 0. The summed E-state index contributed by atoms with van der Waals surface area (Å²) in [4.78, 5) is 0. The van der Waals surface area contributed by atoms with Crippen LogP contribution >= 0.6 is 0 Å². The van der Waals surface area contributed by atoms with E-state index < -0.39 is 0 Å². The maximum absolute atomic E-state index is 8.33. The van der Waals surface area contributed by atoms with Crippen LogP contribution in [0.4, 0.5) is 0 Å². The van der Waals surface area contributed by atoms with Crippen LogP contribution < -0.4 is 0 Å². The lowest BCUT2D eigenvalue weighted by molar-refractivity contribution is -0.889. The zero-order valence-corrected chi connectivity index (χ0v) is 7.17. The summed E-state index contributed by atoms with van der Waals surface area (Å²) in [5.41, 5.74) is 0. The van der Waals surface area contributed by atoms with Crippen molar-refractivity contribution < 1.29 is 4.48 Å². The third-order valence-corrected chi connectivity index (χ3v) is 1.66. The maximum Gasteiger partial charge on any atom is 0.0914 e. The molecule has 0 aromatic heterocycles. The van der Waals surface area contributed by atoms with Gasteiger partial charge < -0.3 is 4.48 Å². The van der Waals surface area contributed by atoms with Crippen LogP contribution in [0.2, 0.25) is 0 Å². The molecule has 3 heteroatoms. The molecule has 0 fully saturated rings. The van der Waals surface area contributed by atoms with Crippen LogP contribution in [0.3, 0.4) is 0 Å². The second-order valence-electron chi connectivity index (χ2n) is 3.20. The van der Waals surface area contributed by atoms with Gasteiger partial charge in [0.05, 0.1) is 52.2 Å². The average Bonchev–Trinajstić information content (AvgIpc) is 1.97. The van der Waals surface area contributed by atoms with Crippen LogP contribution in [0.15, 0.2) is 0 Å². The molecule has 11 heavy (non-hydrogen) atoms. The maximum atomic E-state index is 8.33. The quantitative estimate of drug-likeness (QED) is 0.562. The molecular weight excluding hydrogens is 138 g/mol. The first-order valence-electron chi connectivity index (χ1n) is 3.68. The molecule has 0 unspecified atom stereocenters. The highest BCUT2D eigenvalue weighted by Gasteiger charge is 2.12. The van der Waals surface area contributed by atoms with E-state index in [1.807, 2.05) is 14.1 Å². The molecule has 0 N–H and O–H groups in total. The van der Waals surface area contributed by atoms with Gasteiger partial charge in [0.25, 0.3) is 0 Å². The molecule has 0 aromatic carbocycles. The zero-order valence-electron chi connectivity index (χ0n) is 7.17. The SMILES string of the molecule is C[N+](C)(CCC#N)CCC#N. The number of nitriles is 2. The van der Waals surface area contributed by atoms with Crippen molar-refractivity contribution in [2.24, 2.45) is 0 Å². The lowest BCUT2D eigenvalue weighted by Crippen LogP contribution is -2.40. The second-order valence-corrected chi connectivity index (χ2v) is 3.20. The van der Waals surface area contributed by atoms with Crippen LogP contribution in [-0.2, 0) is 0 Å². The molecule has 0 radical (unpaired) electrons. The van der Waals surface area contributed by atoms with Gasteiger partial charge >= 0.3 is 0 Å². The number of hydrogen-bond acceptors (Lipinski definition) is 2. The number of nitrogens with zero attached hydrogens (tertiary/aromatic N) is 3. The standard InChI is InChI=1S/C8H14N3/c1-11(2,7-3-5-9)8-4-6-10/h3-4,7-8H2,1-2H3/q+1. The topological polar surface area (TPSA) is 47.6 Å². The molecule has 0 aliphatic carbocycles. The Bertz CT molecular complexity index is 162. The van der Waals surface area contributed by atoms with E-state index in [1.54, 1.807) is 0 Å². The van der Waals surface area contributed by atoms with Crippen molar-refractivity contribution in [3.05, 3.63) is 0 Å². The summed E-state index contributed by atoms with van der Waals surface area (Å²) in [6, 6.07) is 4.20. The smallest absolute Gasteiger partial charge is 0.0914 e. The van der Waals surface area contributed by atoms with Gasteiger partial charge in [-0.2, -0.15) is 10.5 Å². The summed E-state index contributed by atoms with van der Waals surface area (Å²) in [6.07, 6.45) is 1.14. The van der Waals surface area contributed by atoms with Gasteiger partial charge in [-0.25, -0.2) is 0 Å². The van der Waals surface area contributed by atoms with Gasteiger partial charge in [0.1, 0.15) is 0 Å². The molecular formula is C8H14N3+. The summed E-state index contributed by atoms with van der Waals surface area (Å²) in [7, 11) is 4.07. The lowest BCUT2D eigenvalue weighted by Gasteiger charge is -2.27. The van der Waals surface area contributed by atoms with E-state index >= 15 is 0 Å². The van der Waals surface area contributed by atoms with Crippen molar-refractivity contribution in [2.75, 3.05) is 27.2 Å². The van der Waals surface area contributed by atoms with Crippen molar-refractivity contribution in [3.8, 4) is 12.1 Å². The van der Waals surface area contributed by atoms with Crippen molar-refractivity contribution in [1.29, 1.82) is 10.5 Å². The summed E-state index contributed by atoms with van der Waals surface area (Å²) in [6.45, 7) is 1.66. The fourth-order valence-electron chi connectivity index (χ4n) is 0.817. The predicted octanol–water partition coefficient (Wildman–Crippen LogP) is 0.890. The fourth-order valence-corrected chi connectivity index (χ4v) is 0.817. The lowest BCUT2D eigenvalue weighted by atomic mass is 10.3. The summed E-state index contributed by atoms with van der Waals surface area (Å²) < 4.78 is 0.765. The van der Waals surface area contributed by atoms with E-state index in [-0.39, 0.29) is 0 Å². The Labute approximate surface area is 68.0 Å². The average molecular weight is 152 g/mol. The largest absolute Gasteiger partial charge is 0.327 e. The van der Waals surface area contributed by atoms with Gasteiger partial charge in [0.15, 0.2) is 0 Å². The van der Waals surface area contributed by atoms with E-state index in [9.17, 15) is 0 Å². The Morgan fingerprint density at radius 3 is 1.64 bits per heavy atom. The Morgan fingerprint density at radius 2 is 1.36 bits per heavy atom. The molecule has 0 aliphatic rings. The van der Waals surface area contributed by atoms with E-state index in [0.29, 0.717) is 12.8 Å². The summed E-state index contributed by atoms with van der Waals surface area (Å²) >= 11 is 0. The Kier molecular flexibility index (Phi) is 4.26. The third-order valence-electron chi connectivity index (χ3n) is 1.66. The third kappa shape index (κ3) is 5.39. The summed E-state index contributed by atoms with van der Waals surface area (Å²) in [5.74, 6) is 0. The molecule has 0 spiro atoms. The minimum absolute atomic E-state index is 0.568. The zero-order chi connectivity index (χ0) is 8.74. The molecule has 0 atom stereocenters. The second kappa shape index (κ2) is 4.71. The first-order valence-corrected chi connectivity index (χ1v) is 3.68. The Balaban J connectivity index is 3.64. The van der Waals surface area contributed by atoms with E-state index in [1.165, 1.54) is 0 Å². The van der Waals surface area contributed by atoms with Gasteiger partial charge in [-0.15, -0.1) is 0 Å². The minimum Gasteiger partial charge on any atom is -0.327 e. The van der Waals surface area contributed by atoms with Crippen LogP contribution in [0.1, 0.15) is 12.8 Å². The molecule has 0 saturated heterocycles. The Hall–Kier alpha value is -1.06. The molecule has 3 nitrogen and oxygen atoms in total. The molecule has 0 aromatic rings. The van der Waals surface area contributed by atoms with Crippen LogP contribution in [-0.4, -0.2) is 31.7 Å². The summed E-state index contributed by atoms with van der Waals surface area (Å²) in [5, 5.41) is 16.7. The monoisotopic (exact) mass is 152 g/mol. The highest BCUT2D eigenvalue weighted by atomic mass is 15.3. The number of quaternary nitrogens is 1.